The molecule has 1 aliphatic carbocycles. The number of carbonyl (C=O) groups is 4. The van der Waals surface area contributed by atoms with Gasteiger partial charge < -0.3 is 4.74 Å². The highest BCUT2D eigenvalue weighted by Gasteiger charge is 2.74. The summed E-state index contributed by atoms with van der Waals surface area (Å²) in [5.74, 6) is -5.64. The van der Waals surface area contributed by atoms with E-state index in [1.807, 2.05) is 0 Å². The molecule has 2 amide bonds. The zero-order valence-electron chi connectivity index (χ0n) is 18.3. The molecule has 35 heavy (non-hydrogen) atoms. The van der Waals surface area contributed by atoms with Gasteiger partial charge in [-0.05, 0) is 42.3 Å². The second-order valence-corrected chi connectivity index (χ2v) is 9.41. The molecule has 2 aliphatic heterocycles. The maximum absolute atomic E-state index is 13.9. The summed E-state index contributed by atoms with van der Waals surface area (Å²) in [6.45, 7) is 1.73. The monoisotopic (exact) mass is 489 g/mol. The van der Waals surface area contributed by atoms with Crippen LogP contribution in [0.1, 0.15) is 37.9 Å². The maximum Gasteiger partial charge on any atom is 0.241 e. The van der Waals surface area contributed by atoms with E-state index in [0.29, 0.717) is 16.1 Å². The lowest BCUT2D eigenvalue weighted by molar-refractivity contribution is -0.127. The fraction of sp³-hybridized carbons (Fsp3) is 0.185. The van der Waals surface area contributed by atoms with Crippen LogP contribution in [0.25, 0.3) is 0 Å². The van der Waals surface area contributed by atoms with Crippen LogP contribution in [-0.2, 0) is 14.3 Å². The molecule has 3 atom stereocenters. The van der Waals surface area contributed by atoms with Crippen LogP contribution in [-0.4, -0.2) is 29.0 Å². The van der Waals surface area contributed by atoms with Gasteiger partial charge in [0.1, 0.15) is 5.82 Å². The molecule has 0 N–H and O–H groups in total. The summed E-state index contributed by atoms with van der Waals surface area (Å²) >= 11 is 6.16. The van der Waals surface area contributed by atoms with E-state index in [2.05, 4.69) is 0 Å². The molecule has 2 heterocycles. The number of benzene rings is 3. The minimum absolute atomic E-state index is 0.147. The number of anilines is 1. The number of ketones is 2. The molecule has 8 heteroatoms. The number of fused-ring (bicyclic) bond motifs is 3. The number of amides is 2. The highest BCUT2D eigenvalue weighted by molar-refractivity contribution is 6.37. The van der Waals surface area contributed by atoms with Gasteiger partial charge in [0.15, 0.2) is 0 Å². The number of carbonyl (C=O) groups excluding carboxylic acids is 4. The van der Waals surface area contributed by atoms with Crippen LogP contribution in [0.15, 0.2) is 66.7 Å². The van der Waals surface area contributed by atoms with E-state index in [9.17, 15) is 23.6 Å². The maximum atomic E-state index is 13.9. The summed E-state index contributed by atoms with van der Waals surface area (Å²) in [7, 11) is 0. The third-order valence-electron chi connectivity index (χ3n) is 7.13. The second-order valence-electron chi connectivity index (χ2n) is 8.98. The van der Waals surface area contributed by atoms with Gasteiger partial charge in [-0.1, -0.05) is 54.1 Å². The standard InChI is InChI=1S/C27H17ClFNO5/c1-13-6-9-15(28)12-19(13)30-25(33)20-21(26(30)34)27(35-22(20)14-7-10-16(29)11-8-14)23(31)17-4-2-3-5-18(17)24(27)32/h2-12,20-22H,1H3/t20-,21+,22+/m0/s1. The van der Waals surface area contributed by atoms with Crippen molar-refractivity contribution >= 4 is 40.7 Å². The topological polar surface area (TPSA) is 80.8 Å². The number of rotatable bonds is 2. The van der Waals surface area contributed by atoms with E-state index in [1.165, 1.54) is 42.5 Å². The zero-order valence-corrected chi connectivity index (χ0v) is 19.1. The molecule has 0 unspecified atom stereocenters. The Bertz CT molecular complexity index is 1430. The van der Waals surface area contributed by atoms with Crippen LogP contribution in [0, 0.1) is 24.6 Å². The molecule has 2 fully saturated rings. The average Bonchev–Trinajstić information content (AvgIpc) is 3.41. The van der Waals surface area contributed by atoms with E-state index < -0.39 is 52.7 Å². The van der Waals surface area contributed by atoms with Crippen molar-refractivity contribution in [2.24, 2.45) is 11.8 Å². The highest BCUT2D eigenvalue weighted by atomic mass is 35.5. The van der Waals surface area contributed by atoms with Crippen LogP contribution in [0.5, 0.6) is 0 Å². The van der Waals surface area contributed by atoms with E-state index >= 15 is 0 Å². The first-order valence-corrected chi connectivity index (χ1v) is 11.4. The number of halogens is 2. The Morgan fingerprint density at radius 1 is 0.886 bits per heavy atom. The van der Waals surface area contributed by atoms with Crippen LogP contribution >= 0.6 is 11.6 Å². The smallest absolute Gasteiger partial charge is 0.241 e. The Kier molecular flexibility index (Phi) is 4.62. The Morgan fingerprint density at radius 3 is 2.14 bits per heavy atom. The molecule has 2 saturated heterocycles. The van der Waals surface area contributed by atoms with Crippen LogP contribution in [0.2, 0.25) is 5.02 Å². The van der Waals surface area contributed by atoms with Gasteiger partial charge in [0.05, 0.1) is 23.6 Å². The van der Waals surface area contributed by atoms with Crippen LogP contribution in [0.4, 0.5) is 10.1 Å². The molecule has 0 aromatic heterocycles. The van der Waals surface area contributed by atoms with Gasteiger partial charge in [0, 0.05) is 16.1 Å². The number of hydrogen-bond acceptors (Lipinski definition) is 5. The van der Waals surface area contributed by atoms with Gasteiger partial charge in [0.25, 0.3) is 0 Å². The van der Waals surface area contributed by atoms with Crippen molar-refractivity contribution in [3.8, 4) is 0 Å². The lowest BCUT2D eigenvalue weighted by atomic mass is 9.77. The van der Waals surface area contributed by atoms with Gasteiger partial charge in [-0.15, -0.1) is 0 Å². The van der Waals surface area contributed by atoms with E-state index in [-0.39, 0.29) is 16.8 Å². The lowest BCUT2D eigenvalue weighted by Gasteiger charge is -2.27. The molecule has 0 radical (unpaired) electrons. The fourth-order valence-corrected chi connectivity index (χ4v) is 5.70. The highest BCUT2D eigenvalue weighted by Crippen LogP contribution is 2.57. The molecule has 0 saturated carbocycles. The molecular weight excluding hydrogens is 473 g/mol. The molecule has 6 rings (SSSR count). The van der Waals surface area contributed by atoms with Crippen molar-refractivity contribution in [2.75, 3.05) is 4.90 Å². The quantitative estimate of drug-likeness (QED) is 0.391. The van der Waals surface area contributed by atoms with Crippen molar-refractivity contribution in [1.82, 2.24) is 0 Å². The minimum Gasteiger partial charge on any atom is -0.349 e. The molecule has 3 aromatic rings. The van der Waals surface area contributed by atoms with E-state index in [4.69, 9.17) is 16.3 Å². The minimum atomic E-state index is -2.18. The molecule has 174 valence electrons. The summed E-state index contributed by atoms with van der Waals surface area (Å²) in [5, 5.41) is 0.324. The molecule has 0 bridgehead atoms. The van der Waals surface area contributed by atoms with Gasteiger partial charge in [0.2, 0.25) is 29.0 Å². The van der Waals surface area contributed by atoms with Crippen molar-refractivity contribution < 1.29 is 28.3 Å². The number of ether oxygens (including phenoxy) is 1. The van der Waals surface area contributed by atoms with Crippen LogP contribution in [0.3, 0.4) is 0 Å². The van der Waals surface area contributed by atoms with Gasteiger partial charge in [-0.25, -0.2) is 9.29 Å². The van der Waals surface area contributed by atoms with E-state index in [0.717, 1.165) is 4.90 Å². The van der Waals surface area contributed by atoms with Gasteiger partial charge in [-0.3, -0.25) is 19.2 Å². The summed E-state index contributed by atoms with van der Waals surface area (Å²) in [5.41, 5.74) is -0.591. The Labute approximate surface area is 204 Å². The van der Waals surface area contributed by atoms with Gasteiger partial charge in [-0.2, -0.15) is 0 Å². The Hall–Kier alpha value is -3.68. The number of hydrogen-bond donors (Lipinski definition) is 0. The van der Waals surface area contributed by atoms with Crippen molar-refractivity contribution in [1.29, 1.82) is 0 Å². The van der Waals surface area contributed by atoms with E-state index in [1.54, 1.807) is 31.2 Å². The van der Waals surface area contributed by atoms with Crippen molar-refractivity contribution in [3.63, 3.8) is 0 Å². The first-order valence-electron chi connectivity index (χ1n) is 11.0. The van der Waals surface area contributed by atoms with Crippen LogP contribution < -0.4 is 4.90 Å². The lowest BCUT2D eigenvalue weighted by Crippen LogP contribution is -2.51. The van der Waals surface area contributed by atoms with Gasteiger partial charge >= 0.3 is 0 Å². The first-order chi connectivity index (χ1) is 16.8. The molecule has 1 spiro atoms. The molecule has 3 aromatic carbocycles. The zero-order chi connectivity index (χ0) is 24.6. The molecule has 3 aliphatic rings. The number of nitrogens with zero attached hydrogens (tertiary/aromatic N) is 1. The second kappa shape index (κ2) is 7.41. The third-order valence-corrected chi connectivity index (χ3v) is 7.36. The number of Topliss-reactive ketones (excluding diaryl/α,β-unsaturated/α-hetero) is 2. The number of aryl methyl sites for hydroxylation is 1. The summed E-state index contributed by atoms with van der Waals surface area (Å²) in [6, 6.07) is 16.3. The number of imide groups is 1. The summed E-state index contributed by atoms with van der Waals surface area (Å²) < 4.78 is 19.8. The normalized spacial score (nSPS) is 24.4. The fourth-order valence-electron chi connectivity index (χ4n) is 5.53. The predicted octanol–water partition coefficient (Wildman–Crippen LogP) is 4.48. The largest absolute Gasteiger partial charge is 0.349 e. The third kappa shape index (κ3) is 2.79. The first kappa shape index (κ1) is 21.8. The van der Waals surface area contributed by atoms with Crippen molar-refractivity contribution in [2.45, 2.75) is 18.6 Å². The van der Waals surface area contributed by atoms with Crippen molar-refractivity contribution in [3.05, 3.63) is 99.8 Å². The summed E-state index contributed by atoms with van der Waals surface area (Å²) in [4.78, 5) is 56.2. The summed E-state index contributed by atoms with van der Waals surface area (Å²) in [6.07, 6.45) is -1.11. The SMILES string of the molecule is Cc1ccc(Cl)cc1N1C(=O)[C@@H]2[C@@H](c3ccc(F)cc3)OC3(C(=O)c4ccccc4C3=O)[C@H]2C1=O. The average molecular weight is 490 g/mol. The molecule has 6 nitrogen and oxygen atoms in total. The Morgan fingerprint density at radius 2 is 1.51 bits per heavy atom. The predicted molar refractivity (Wildman–Crippen MR) is 124 cm³/mol. The Balaban J connectivity index is 1.56. The molecular formula is C27H17ClFNO5.